The van der Waals surface area contributed by atoms with E-state index in [1.807, 2.05) is 24.3 Å². The Bertz CT molecular complexity index is 791. The molecule has 1 heterocycles. The van der Waals surface area contributed by atoms with Gasteiger partial charge in [0, 0.05) is 21.3 Å². The topological polar surface area (TPSA) is 13.1 Å². The lowest BCUT2D eigenvalue weighted by Crippen LogP contribution is -2.04. The van der Waals surface area contributed by atoms with Crippen molar-refractivity contribution < 1.29 is 4.42 Å². The molecule has 1 aliphatic rings. The maximum Gasteiger partial charge on any atom is 0.139 e. The molecular formula is C16H10BrClO. The molecule has 19 heavy (non-hydrogen) atoms. The van der Waals surface area contributed by atoms with Gasteiger partial charge in [-0.2, -0.15) is 0 Å². The van der Waals surface area contributed by atoms with Crippen LogP contribution in [0.3, 0.4) is 0 Å². The summed E-state index contributed by atoms with van der Waals surface area (Å²) in [4.78, 5) is 0.313. The molecule has 3 aromatic rings. The molecular weight excluding hydrogens is 324 g/mol. The Hall–Kier alpha value is -1.25. The second-order valence-electron chi connectivity index (χ2n) is 4.78. The van der Waals surface area contributed by atoms with Crippen molar-refractivity contribution >= 4 is 38.5 Å². The van der Waals surface area contributed by atoms with Gasteiger partial charge in [0.1, 0.15) is 11.3 Å². The molecule has 94 valence electrons. The first kappa shape index (κ1) is 11.6. The van der Waals surface area contributed by atoms with Crippen molar-refractivity contribution in [3.63, 3.8) is 0 Å². The van der Waals surface area contributed by atoms with Gasteiger partial charge in [0.25, 0.3) is 0 Å². The number of halogens is 2. The SMILES string of the molecule is Clc1cccc2oc3c(c12)CC(Br)c1ccccc1-3. The predicted octanol–water partition coefficient (Wildman–Crippen LogP) is 5.75. The minimum atomic E-state index is 0.313. The molecule has 1 aromatic heterocycles. The highest BCUT2D eigenvalue weighted by Gasteiger charge is 2.28. The van der Waals surface area contributed by atoms with E-state index in [9.17, 15) is 0 Å². The van der Waals surface area contributed by atoms with Gasteiger partial charge < -0.3 is 4.42 Å². The Morgan fingerprint density at radius 2 is 1.95 bits per heavy atom. The van der Waals surface area contributed by atoms with E-state index >= 15 is 0 Å². The van der Waals surface area contributed by atoms with Crippen LogP contribution < -0.4 is 0 Å². The lowest BCUT2D eigenvalue weighted by molar-refractivity contribution is 0.621. The molecule has 1 atom stereocenters. The number of hydrogen-bond donors (Lipinski definition) is 0. The van der Waals surface area contributed by atoms with Gasteiger partial charge in [0.2, 0.25) is 0 Å². The number of benzene rings is 2. The van der Waals surface area contributed by atoms with Crippen LogP contribution >= 0.6 is 27.5 Å². The summed E-state index contributed by atoms with van der Waals surface area (Å²) in [6.45, 7) is 0. The normalized spacial score (nSPS) is 17.3. The summed E-state index contributed by atoms with van der Waals surface area (Å²) in [5.41, 5.74) is 4.53. The number of furan rings is 1. The van der Waals surface area contributed by atoms with Crippen LogP contribution in [0.2, 0.25) is 5.02 Å². The molecule has 0 radical (unpaired) electrons. The van der Waals surface area contributed by atoms with E-state index < -0.39 is 0 Å². The molecule has 2 aromatic carbocycles. The fourth-order valence-corrected chi connectivity index (χ4v) is 3.85. The van der Waals surface area contributed by atoms with Gasteiger partial charge >= 0.3 is 0 Å². The van der Waals surface area contributed by atoms with Gasteiger partial charge in [-0.15, -0.1) is 0 Å². The zero-order chi connectivity index (χ0) is 13.0. The minimum Gasteiger partial charge on any atom is -0.456 e. The van der Waals surface area contributed by atoms with Crippen molar-refractivity contribution in [3.05, 3.63) is 58.6 Å². The largest absolute Gasteiger partial charge is 0.456 e. The van der Waals surface area contributed by atoms with Crippen LogP contribution in [0.5, 0.6) is 0 Å². The van der Waals surface area contributed by atoms with Gasteiger partial charge in [0.15, 0.2) is 0 Å². The first-order valence-electron chi connectivity index (χ1n) is 6.19. The summed E-state index contributed by atoms with van der Waals surface area (Å²) in [5, 5.41) is 1.82. The number of fused-ring (bicyclic) bond motifs is 5. The third kappa shape index (κ3) is 1.60. The second kappa shape index (κ2) is 4.12. The molecule has 0 bridgehead atoms. The monoisotopic (exact) mass is 332 g/mol. The van der Waals surface area contributed by atoms with Gasteiger partial charge in [-0.25, -0.2) is 0 Å². The molecule has 1 aliphatic carbocycles. The lowest BCUT2D eigenvalue weighted by atomic mass is 9.89. The summed E-state index contributed by atoms with van der Waals surface area (Å²) in [6.07, 6.45) is 0.906. The smallest absolute Gasteiger partial charge is 0.139 e. The van der Waals surface area contributed by atoms with E-state index in [0.717, 1.165) is 33.7 Å². The van der Waals surface area contributed by atoms with Crippen molar-refractivity contribution in [2.45, 2.75) is 11.2 Å². The molecule has 0 N–H and O–H groups in total. The quantitative estimate of drug-likeness (QED) is 0.478. The fourth-order valence-electron chi connectivity index (χ4n) is 2.85. The zero-order valence-electron chi connectivity index (χ0n) is 9.99. The average Bonchev–Trinajstić information content (AvgIpc) is 2.79. The highest BCUT2D eigenvalue weighted by Crippen LogP contribution is 2.47. The summed E-state index contributed by atoms with van der Waals surface area (Å²) < 4.78 is 6.04. The second-order valence-corrected chi connectivity index (χ2v) is 6.29. The number of alkyl halides is 1. The molecule has 3 heteroatoms. The van der Waals surface area contributed by atoms with E-state index in [1.165, 1.54) is 11.1 Å². The Morgan fingerprint density at radius 3 is 2.84 bits per heavy atom. The average molecular weight is 334 g/mol. The summed E-state index contributed by atoms with van der Waals surface area (Å²) in [5.74, 6) is 0.967. The maximum atomic E-state index is 6.33. The third-order valence-electron chi connectivity index (χ3n) is 3.69. The van der Waals surface area contributed by atoms with E-state index in [4.69, 9.17) is 16.0 Å². The molecule has 0 saturated heterocycles. The van der Waals surface area contributed by atoms with Gasteiger partial charge in [-0.1, -0.05) is 57.9 Å². The van der Waals surface area contributed by atoms with Crippen LogP contribution in [0.1, 0.15) is 16.0 Å². The van der Waals surface area contributed by atoms with Crippen molar-refractivity contribution in [2.24, 2.45) is 0 Å². The molecule has 0 spiro atoms. The summed E-state index contributed by atoms with van der Waals surface area (Å²) in [6, 6.07) is 14.2. The van der Waals surface area contributed by atoms with E-state index in [-0.39, 0.29) is 0 Å². The van der Waals surface area contributed by atoms with Gasteiger partial charge in [-0.05, 0) is 24.1 Å². The first-order valence-corrected chi connectivity index (χ1v) is 7.48. The van der Waals surface area contributed by atoms with E-state index in [1.54, 1.807) is 0 Å². The van der Waals surface area contributed by atoms with Crippen LogP contribution in [-0.2, 0) is 6.42 Å². The predicted molar refractivity (Wildman–Crippen MR) is 82.0 cm³/mol. The Morgan fingerprint density at radius 1 is 1.11 bits per heavy atom. The van der Waals surface area contributed by atoms with Gasteiger partial charge in [-0.3, -0.25) is 0 Å². The van der Waals surface area contributed by atoms with Crippen LogP contribution in [0.4, 0.5) is 0 Å². The highest BCUT2D eigenvalue weighted by atomic mass is 79.9. The van der Waals surface area contributed by atoms with Crippen LogP contribution in [0.25, 0.3) is 22.3 Å². The van der Waals surface area contributed by atoms with Crippen molar-refractivity contribution in [1.82, 2.24) is 0 Å². The molecule has 0 amide bonds. The molecule has 4 rings (SSSR count). The van der Waals surface area contributed by atoms with Gasteiger partial charge in [0.05, 0.1) is 5.02 Å². The maximum absolute atomic E-state index is 6.33. The van der Waals surface area contributed by atoms with E-state index in [2.05, 4.69) is 34.1 Å². The standard InChI is InChI=1S/C16H10BrClO/c17-12-8-11-15-13(18)6-3-7-14(15)19-16(11)10-5-2-1-4-9(10)12/h1-7,12H,8H2. The Kier molecular flexibility index (Phi) is 2.51. The summed E-state index contributed by atoms with van der Waals surface area (Å²) >= 11 is 10.1. The highest BCUT2D eigenvalue weighted by molar-refractivity contribution is 9.09. The summed E-state index contributed by atoms with van der Waals surface area (Å²) in [7, 11) is 0. The number of hydrogen-bond acceptors (Lipinski definition) is 1. The Balaban J connectivity index is 2.12. The minimum absolute atomic E-state index is 0.313. The van der Waals surface area contributed by atoms with Crippen LogP contribution in [0, 0.1) is 0 Å². The van der Waals surface area contributed by atoms with E-state index in [0.29, 0.717) is 4.83 Å². The van der Waals surface area contributed by atoms with Crippen LogP contribution in [0.15, 0.2) is 46.9 Å². The van der Waals surface area contributed by atoms with Crippen LogP contribution in [-0.4, -0.2) is 0 Å². The molecule has 0 aliphatic heterocycles. The molecule has 0 fully saturated rings. The third-order valence-corrected chi connectivity index (χ3v) is 4.82. The molecule has 1 unspecified atom stereocenters. The van der Waals surface area contributed by atoms with Crippen molar-refractivity contribution in [1.29, 1.82) is 0 Å². The van der Waals surface area contributed by atoms with Crippen molar-refractivity contribution in [2.75, 3.05) is 0 Å². The Labute approximate surface area is 124 Å². The zero-order valence-corrected chi connectivity index (χ0v) is 12.3. The first-order chi connectivity index (χ1) is 9.25. The lowest BCUT2D eigenvalue weighted by Gasteiger charge is -2.20. The molecule has 1 nitrogen and oxygen atoms in total. The van der Waals surface area contributed by atoms with Crippen molar-refractivity contribution in [3.8, 4) is 11.3 Å². The fraction of sp³-hybridized carbons (Fsp3) is 0.125. The molecule has 0 saturated carbocycles. The number of rotatable bonds is 0.